The molecule has 0 unspecified atom stereocenters. The molecule has 0 aliphatic carbocycles. The zero-order valence-corrected chi connectivity index (χ0v) is 16.7. The van der Waals surface area contributed by atoms with Crippen molar-refractivity contribution in [1.29, 1.82) is 0 Å². The molecule has 2 aromatic rings. The SMILES string of the molecule is COC(CN1C(=O)CCc2ncc(F)cc21)OC.O=C1CCc2ncc(F)cc2N1. The first-order chi connectivity index (χ1) is 14.4. The van der Waals surface area contributed by atoms with Crippen molar-refractivity contribution in [2.45, 2.75) is 32.0 Å². The molecule has 0 radical (unpaired) electrons. The normalized spacial score (nSPS) is 15.2. The van der Waals surface area contributed by atoms with Crippen LogP contribution in [0.3, 0.4) is 0 Å². The smallest absolute Gasteiger partial charge is 0.227 e. The maximum absolute atomic E-state index is 13.2. The fraction of sp³-hybridized carbons (Fsp3) is 0.400. The number of hydrogen-bond donors (Lipinski definition) is 1. The Labute approximate surface area is 172 Å². The maximum Gasteiger partial charge on any atom is 0.227 e. The molecular weight excluding hydrogens is 398 g/mol. The van der Waals surface area contributed by atoms with Gasteiger partial charge in [0.2, 0.25) is 11.8 Å². The van der Waals surface area contributed by atoms with E-state index in [1.54, 1.807) is 0 Å². The maximum atomic E-state index is 13.2. The molecule has 2 aliphatic rings. The molecule has 8 nitrogen and oxygen atoms in total. The van der Waals surface area contributed by atoms with Gasteiger partial charge in [0.1, 0.15) is 11.6 Å². The second-order valence-corrected chi connectivity index (χ2v) is 6.72. The summed E-state index contributed by atoms with van der Waals surface area (Å²) in [6, 6.07) is 2.61. The summed E-state index contributed by atoms with van der Waals surface area (Å²) < 4.78 is 36.0. The summed E-state index contributed by atoms with van der Waals surface area (Å²) in [5, 5.41) is 2.56. The lowest BCUT2D eigenvalue weighted by Crippen LogP contribution is -2.42. The van der Waals surface area contributed by atoms with Crippen molar-refractivity contribution in [1.82, 2.24) is 9.97 Å². The Morgan fingerprint density at radius 1 is 1.00 bits per heavy atom. The number of hydrogen-bond acceptors (Lipinski definition) is 6. The third-order valence-corrected chi connectivity index (χ3v) is 4.74. The van der Waals surface area contributed by atoms with Gasteiger partial charge in [0, 0.05) is 52.0 Å². The van der Waals surface area contributed by atoms with Gasteiger partial charge in [-0.3, -0.25) is 19.6 Å². The first-order valence-corrected chi connectivity index (χ1v) is 9.36. The van der Waals surface area contributed by atoms with E-state index in [-0.39, 0.29) is 18.4 Å². The van der Waals surface area contributed by atoms with Crippen molar-refractivity contribution >= 4 is 23.2 Å². The van der Waals surface area contributed by atoms with Gasteiger partial charge in [-0.25, -0.2) is 8.78 Å². The van der Waals surface area contributed by atoms with Crippen LogP contribution in [0.4, 0.5) is 20.2 Å². The van der Waals surface area contributed by atoms with Gasteiger partial charge in [0.15, 0.2) is 6.29 Å². The van der Waals surface area contributed by atoms with Gasteiger partial charge in [-0.15, -0.1) is 0 Å². The Hall–Kier alpha value is -2.98. The lowest BCUT2D eigenvalue weighted by Gasteiger charge is -2.30. The summed E-state index contributed by atoms with van der Waals surface area (Å²) in [5.41, 5.74) is 2.49. The third-order valence-electron chi connectivity index (χ3n) is 4.74. The summed E-state index contributed by atoms with van der Waals surface area (Å²) in [6.07, 6.45) is 3.73. The summed E-state index contributed by atoms with van der Waals surface area (Å²) in [4.78, 5) is 32.1. The van der Waals surface area contributed by atoms with E-state index in [1.807, 2.05) is 0 Å². The van der Waals surface area contributed by atoms with Crippen molar-refractivity contribution < 1.29 is 27.8 Å². The molecule has 10 heteroatoms. The monoisotopic (exact) mass is 420 g/mol. The number of halogens is 2. The topological polar surface area (TPSA) is 93.6 Å². The van der Waals surface area contributed by atoms with Gasteiger partial charge < -0.3 is 19.7 Å². The summed E-state index contributed by atoms with van der Waals surface area (Å²) >= 11 is 0. The molecule has 2 amide bonds. The van der Waals surface area contributed by atoms with Crippen LogP contribution in [0.15, 0.2) is 24.5 Å². The van der Waals surface area contributed by atoms with Crippen LogP contribution >= 0.6 is 0 Å². The minimum Gasteiger partial charge on any atom is -0.354 e. The molecule has 4 rings (SSSR count). The minimum absolute atomic E-state index is 0.0742. The molecule has 0 fully saturated rings. The van der Waals surface area contributed by atoms with Gasteiger partial charge in [0.25, 0.3) is 0 Å². The van der Waals surface area contributed by atoms with E-state index in [0.29, 0.717) is 37.1 Å². The average molecular weight is 420 g/mol. The van der Waals surface area contributed by atoms with Gasteiger partial charge in [-0.05, 0) is 0 Å². The Kier molecular flexibility index (Phi) is 7.01. The molecule has 0 saturated heterocycles. The molecule has 160 valence electrons. The lowest BCUT2D eigenvalue weighted by atomic mass is 10.1. The molecule has 2 aromatic heterocycles. The number of anilines is 2. The zero-order valence-electron chi connectivity index (χ0n) is 16.7. The van der Waals surface area contributed by atoms with Crippen LogP contribution in [0.2, 0.25) is 0 Å². The standard InChI is InChI=1S/C12H15FN2O3.C8H7FN2O/c1-17-12(18-2)7-15-10-5-8(13)6-14-9(10)3-4-11(15)16;9-5-3-7-6(10-4-5)1-2-8(12)11-7/h5-6,12H,3-4,7H2,1-2H3;3-4H,1-2H2,(H,11,12). The lowest BCUT2D eigenvalue weighted by molar-refractivity contribution is -0.123. The number of amides is 2. The van der Waals surface area contributed by atoms with E-state index in [9.17, 15) is 18.4 Å². The average Bonchev–Trinajstić information content (AvgIpc) is 2.73. The highest BCUT2D eigenvalue weighted by Gasteiger charge is 2.27. The van der Waals surface area contributed by atoms with Crippen LogP contribution < -0.4 is 10.2 Å². The number of rotatable bonds is 4. The first kappa shape index (κ1) is 21.7. The van der Waals surface area contributed by atoms with Gasteiger partial charge in [0.05, 0.1) is 41.7 Å². The predicted octanol–water partition coefficient (Wildman–Crippen LogP) is 2.22. The van der Waals surface area contributed by atoms with Crippen molar-refractivity contribution in [2.75, 3.05) is 31.0 Å². The van der Waals surface area contributed by atoms with E-state index >= 15 is 0 Å². The number of aryl methyl sites for hydroxylation is 2. The number of carbonyl (C=O) groups excluding carboxylic acids is 2. The number of nitrogens with zero attached hydrogens (tertiary/aromatic N) is 3. The van der Waals surface area contributed by atoms with Crippen molar-refractivity contribution in [3.63, 3.8) is 0 Å². The van der Waals surface area contributed by atoms with Gasteiger partial charge >= 0.3 is 0 Å². The molecule has 2 aliphatic heterocycles. The van der Waals surface area contributed by atoms with E-state index < -0.39 is 17.9 Å². The van der Waals surface area contributed by atoms with Gasteiger partial charge in [-0.2, -0.15) is 0 Å². The Morgan fingerprint density at radius 3 is 2.33 bits per heavy atom. The van der Waals surface area contributed by atoms with Crippen LogP contribution in [-0.4, -0.2) is 48.8 Å². The number of ether oxygens (including phenoxy) is 2. The minimum atomic E-state index is -0.539. The summed E-state index contributed by atoms with van der Waals surface area (Å²) in [6.45, 7) is 0.226. The summed E-state index contributed by atoms with van der Waals surface area (Å²) in [7, 11) is 2.99. The molecule has 0 bridgehead atoms. The number of fused-ring (bicyclic) bond motifs is 2. The largest absolute Gasteiger partial charge is 0.354 e. The molecule has 0 saturated carbocycles. The number of aromatic nitrogens is 2. The molecule has 0 atom stereocenters. The van der Waals surface area contributed by atoms with E-state index in [1.165, 1.54) is 31.3 Å². The Balaban J connectivity index is 0.000000184. The molecule has 4 heterocycles. The van der Waals surface area contributed by atoms with E-state index in [4.69, 9.17) is 9.47 Å². The fourth-order valence-electron chi connectivity index (χ4n) is 3.19. The number of pyridine rings is 2. The number of methoxy groups -OCH3 is 2. The fourth-order valence-corrected chi connectivity index (χ4v) is 3.19. The van der Waals surface area contributed by atoms with Crippen LogP contribution in [-0.2, 0) is 31.9 Å². The van der Waals surface area contributed by atoms with Crippen LogP contribution in [0.1, 0.15) is 24.2 Å². The van der Waals surface area contributed by atoms with E-state index in [0.717, 1.165) is 23.8 Å². The van der Waals surface area contributed by atoms with Crippen LogP contribution in [0.25, 0.3) is 0 Å². The quantitative estimate of drug-likeness (QED) is 0.763. The Morgan fingerprint density at radius 2 is 1.63 bits per heavy atom. The second-order valence-electron chi connectivity index (χ2n) is 6.72. The predicted molar refractivity (Wildman–Crippen MR) is 104 cm³/mol. The van der Waals surface area contributed by atoms with E-state index in [2.05, 4.69) is 15.3 Å². The first-order valence-electron chi connectivity index (χ1n) is 9.36. The number of nitrogens with one attached hydrogen (secondary N) is 1. The third kappa shape index (κ3) is 5.14. The molecular formula is C20H22F2N4O4. The van der Waals surface area contributed by atoms with Gasteiger partial charge in [-0.1, -0.05) is 0 Å². The van der Waals surface area contributed by atoms with Crippen molar-refractivity contribution in [3.05, 3.63) is 47.5 Å². The second kappa shape index (κ2) is 9.68. The highest BCUT2D eigenvalue weighted by atomic mass is 19.1. The summed E-state index contributed by atoms with van der Waals surface area (Å²) in [5.74, 6) is -1.03. The molecule has 30 heavy (non-hydrogen) atoms. The van der Waals surface area contributed by atoms with Crippen LogP contribution in [0, 0.1) is 11.6 Å². The highest BCUT2D eigenvalue weighted by molar-refractivity contribution is 5.96. The van der Waals surface area contributed by atoms with Crippen molar-refractivity contribution in [2.24, 2.45) is 0 Å². The zero-order chi connectivity index (χ0) is 21.7. The Bertz CT molecular complexity index is 937. The highest BCUT2D eigenvalue weighted by Crippen LogP contribution is 2.27. The molecule has 0 aromatic carbocycles. The molecule has 0 spiro atoms. The number of carbonyl (C=O) groups is 2. The van der Waals surface area contributed by atoms with Crippen LogP contribution in [0.5, 0.6) is 0 Å². The molecule has 1 N–H and O–H groups in total. The van der Waals surface area contributed by atoms with Crippen molar-refractivity contribution in [3.8, 4) is 0 Å².